The van der Waals surface area contributed by atoms with Crippen LogP contribution in [-0.4, -0.2) is 23.0 Å². The zero-order valence-corrected chi connectivity index (χ0v) is 13.7. The first-order valence-corrected chi connectivity index (χ1v) is 7.55. The van der Waals surface area contributed by atoms with Gasteiger partial charge in [0.25, 0.3) is 0 Å². The molecule has 3 rings (SSSR count). The Labute approximate surface area is 143 Å². The molecule has 0 saturated carbocycles. The summed E-state index contributed by atoms with van der Waals surface area (Å²) in [4.78, 5) is 19.0. The van der Waals surface area contributed by atoms with Crippen molar-refractivity contribution < 1.29 is 9.53 Å². The Morgan fingerprint density at radius 3 is 2.43 bits per heavy atom. The van der Waals surface area contributed by atoms with E-state index in [1.54, 1.807) is 30.3 Å². The number of nitrogens with one attached hydrogen (secondary N) is 1. The predicted molar refractivity (Wildman–Crippen MR) is 90.8 cm³/mol. The van der Waals surface area contributed by atoms with Gasteiger partial charge < -0.3 is 9.72 Å². The third-order valence-electron chi connectivity index (χ3n) is 3.37. The summed E-state index contributed by atoms with van der Waals surface area (Å²) in [5, 5.41) is 0.997. The summed E-state index contributed by atoms with van der Waals surface area (Å²) < 4.78 is 4.68. The number of H-pyrrole nitrogens is 1. The number of esters is 1. The molecule has 0 atom stereocenters. The second kappa shape index (κ2) is 6.44. The SMILES string of the molecule is COC(=O)c1ccc(-c2nc(-c3ccccc3Cl)[nH]c2Cl)cc1. The monoisotopic (exact) mass is 346 g/mol. The summed E-state index contributed by atoms with van der Waals surface area (Å²) >= 11 is 12.4. The van der Waals surface area contributed by atoms with Crippen molar-refractivity contribution in [2.24, 2.45) is 0 Å². The highest BCUT2D eigenvalue weighted by Crippen LogP contribution is 2.32. The Kier molecular flexibility index (Phi) is 4.37. The van der Waals surface area contributed by atoms with Gasteiger partial charge in [0.1, 0.15) is 16.7 Å². The average Bonchev–Trinajstić information content (AvgIpc) is 2.96. The van der Waals surface area contributed by atoms with Crippen LogP contribution in [0.4, 0.5) is 0 Å². The first kappa shape index (κ1) is 15.6. The van der Waals surface area contributed by atoms with Gasteiger partial charge in [0.2, 0.25) is 0 Å². The predicted octanol–water partition coefficient (Wildman–Crippen LogP) is 4.84. The number of imidazole rings is 1. The fourth-order valence-electron chi connectivity index (χ4n) is 2.21. The number of methoxy groups -OCH3 is 1. The molecule has 23 heavy (non-hydrogen) atoms. The van der Waals surface area contributed by atoms with Crippen LogP contribution in [0.15, 0.2) is 48.5 Å². The minimum Gasteiger partial charge on any atom is -0.465 e. The topological polar surface area (TPSA) is 55.0 Å². The molecule has 0 spiro atoms. The molecule has 0 aliphatic carbocycles. The fraction of sp³-hybridized carbons (Fsp3) is 0.0588. The highest BCUT2D eigenvalue weighted by Gasteiger charge is 2.14. The number of ether oxygens (including phenoxy) is 1. The molecule has 0 aliphatic rings. The summed E-state index contributed by atoms with van der Waals surface area (Å²) in [6, 6.07) is 14.3. The van der Waals surface area contributed by atoms with Crippen molar-refractivity contribution in [1.82, 2.24) is 9.97 Å². The summed E-state index contributed by atoms with van der Waals surface area (Å²) in [5.41, 5.74) is 2.62. The van der Waals surface area contributed by atoms with Gasteiger partial charge in [0.15, 0.2) is 0 Å². The molecule has 0 saturated heterocycles. The number of aromatic nitrogens is 2. The summed E-state index contributed by atoms with van der Waals surface area (Å²) in [7, 11) is 1.34. The molecule has 0 amide bonds. The minimum absolute atomic E-state index is 0.388. The fourth-order valence-corrected chi connectivity index (χ4v) is 2.67. The average molecular weight is 347 g/mol. The van der Waals surface area contributed by atoms with Gasteiger partial charge in [-0.15, -0.1) is 0 Å². The van der Waals surface area contributed by atoms with E-state index in [9.17, 15) is 4.79 Å². The van der Waals surface area contributed by atoms with Crippen LogP contribution in [0.5, 0.6) is 0 Å². The van der Waals surface area contributed by atoms with E-state index in [0.29, 0.717) is 27.3 Å². The lowest BCUT2D eigenvalue weighted by atomic mass is 10.1. The number of aromatic amines is 1. The number of rotatable bonds is 3. The lowest BCUT2D eigenvalue weighted by Gasteiger charge is -2.01. The minimum atomic E-state index is -0.388. The van der Waals surface area contributed by atoms with Gasteiger partial charge in [-0.05, 0) is 24.3 Å². The molecule has 0 aliphatic heterocycles. The Morgan fingerprint density at radius 1 is 1.09 bits per heavy atom. The van der Waals surface area contributed by atoms with Crippen LogP contribution in [0.3, 0.4) is 0 Å². The molecule has 6 heteroatoms. The van der Waals surface area contributed by atoms with Gasteiger partial charge in [-0.1, -0.05) is 47.5 Å². The highest BCUT2D eigenvalue weighted by atomic mass is 35.5. The Hall–Kier alpha value is -2.30. The van der Waals surface area contributed by atoms with Crippen molar-refractivity contribution in [3.63, 3.8) is 0 Å². The lowest BCUT2D eigenvalue weighted by molar-refractivity contribution is 0.0601. The molecule has 0 unspecified atom stereocenters. The Morgan fingerprint density at radius 2 is 1.78 bits per heavy atom. The molecule has 1 N–H and O–H groups in total. The normalized spacial score (nSPS) is 10.6. The molecule has 4 nitrogen and oxygen atoms in total. The quantitative estimate of drug-likeness (QED) is 0.690. The Bertz CT molecular complexity index is 857. The smallest absolute Gasteiger partial charge is 0.337 e. The number of carbonyl (C=O) groups is 1. The van der Waals surface area contributed by atoms with Crippen LogP contribution in [-0.2, 0) is 4.74 Å². The van der Waals surface area contributed by atoms with E-state index in [4.69, 9.17) is 23.2 Å². The van der Waals surface area contributed by atoms with Gasteiger partial charge in [-0.2, -0.15) is 0 Å². The molecule has 2 aromatic carbocycles. The number of nitrogens with zero attached hydrogens (tertiary/aromatic N) is 1. The second-order valence-corrected chi connectivity index (χ2v) is 5.58. The van der Waals surface area contributed by atoms with Crippen molar-refractivity contribution >= 4 is 29.2 Å². The van der Waals surface area contributed by atoms with E-state index >= 15 is 0 Å². The van der Waals surface area contributed by atoms with Crippen molar-refractivity contribution in [2.75, 3.05) is 7.11 Å². The standard InChI is InChI=1S/C17H12Cl2N2O2/c1-23-17(22)11-8-6-10(7-9-11)14-15(19)21-16(20-14)12-4-2-3-5-13(12)18/h2-9H,1H3,(H,20,21). The van der Waals surface area contributed by atoms with E-state index in [-0.39, 0.29) is 5.97 Å². The number of carbonyl (C=O) groups excluding carboxylic acids is 1. The van der Waals surface area contributed by atoms with Crippen LogP contribution in [0.1, 0.15) is 10.4 Å². The van der Waals surface area contributed by atoms with E-state index < -0.39 is 0 Å². The first-order valence-electron chi connectivity index (χ1n) is 6.79. The molecule has 1 aromatic heterocycles. The largest absolute Gasteiger partial charge is 0.465 e. The van der Waals surface area contributed by atoms with E-state index in [1.807, 2.05) is 18.2 Å². The van der Waals surface area contributed by atoms with Gasteiger partial charge in [0.05, 0.1) is 17.7 Å². The van der Waals surface area contributed by atoms with Gasteiger partial charge in [-0.3, -0.25) is 0 Å². The first-order chi connectivity index (χ1) is 11.1. The molecular formula is C17H12Cl2N2O2. The van der Waals surface area contributed by atoms with Crippen molar-refractivity contribution in [1.29, 1.82) is 0 Å². The zero-order valence-electron chi connectivity index (χ0n) is 12.1. The number of benzene rings is 2. The second-order valence-electron chi connectivity index (χ2n) is 4.80. The lowest BCUT2D eigenvalue weighted by Crippen LogP contribution is -2.00. The van der Waals surface area contributed by atoms with Gasteiger partial charge in [-0.25, -0.2) is 9.78 Å². The third-order valence-corrected chi connectivity index (χ3v) is 3.97. The number of hydrogen-bond acceptors (Lipinski definition) is 3. The van der Waals surface area contributed by atoms with E-state index in [2.05, 4.69) is 14.7 Å². The van der Waals surface area contributed by atoms with Crippen LogP contribution < -0.4 is 0 Å². The van der Waals surface area contributed by atoms with Crippen LogP contribution >= 0.6 is 23.2 Å². The Balaban J connectivity index is 1.98. The molecule has 1 heterocycles. The molecule has 116 valence electrons. The van der Waals surface area contributed by atoms with Crippen molar-refractivity contribution in [2.45, 2.75) is 0 Å². The number of hydrogen-bond donors (Lipinski definition) is 1. The maximum Gasteiger partial charge on any atom is 0.337 e. The molecule has 0 fully saturated rings. The zero-order chi connectivity index (χ0) is 16.4. The van der Waals surface area contributed by atoms with Crippen LogP contribution in [0.2, 0.25) is 10.2 Å². The highest BCUT2D eigenvalue weighted by molar-refractivity contribution is 6.34. The summed E-state index contributed by atoms with van der Waals surface area (Å²) in [5.74, 6) is 0.203. The van der Waals surface area contributed by atoms with E-state index in [0.717, 1.165) is 11.1 Å². The van der Waals surface area contributed by atoms with Gasteiger partial charge in [0, 0.05) is 11.1 Å². The van der Waals surface area contributed by atoms with Crippen molar-refractivity contribution in [3.8, 4) is 22.6 Å². The molecular weight excluding hydrogens is 335 g/mol. The summed E-state index contributed by atoms with van der Waals surface area (Å²) in [6.45, 7) is 0. The van der Waals surface area contributed by atoms with Gasteiger partial charge >= 0.3 is 5.97 Å². The van der Waals surface area contributed by atoms with Crippen LogP contribution in [0, 0.1) is 0 Å². The maximum absolute atomic E-state index is 11.5. The molecule has 0 bridgehead atoms. The van der Waals surface area contributed by atoms with Crippen LogP contribution in [0.25, 0.3) is 22.6 Å². The van der Waals surface area contributed by atoms with Crippen molar-refractivity contribution in [3.05, 3.63) is 64.3 Å². The number of halogens is 2. The molecule has 0 radical (unpaired) electrons. The van der Waals surface area contributed by atoms with E-state index in [1.165, 1.54) is 7.11 Å². The summed E-state index contributed by atoms with van der Waals surface area (Å²) in [6.07, 6.45) is 0. The third kappa shape index (κ3) is 3.09. The maximum atomic E-state index is 11.5. The molecule has 3 aromatic rings.